The normalized spacial score (nSPS) is 9.77. The number of phenolic OH excluding ortho intramolecular Hbond substituents is 1. The molecule has 0 aliphatic rings. The Morgan fingerprint density at radius 1 is 1.23 bits per heavy atom. The molecule has 0 spiro atoms. The zero-order valence-electron chi connectivity index (χ0n) is 8.13. The van der Waals surface area contributed by atoms with Crippen LogP contribution in [-0.2, 0) is 6.42 Å². The fourth-order valence-electron chi connectivity index (χ4n) is 1.35. The van der Waals surface area contributed by atoms with Crippen LogP contribution < -0.4 is 9.47 Å². The van der Waals surface area contributed by atoms with Crippen LogP contribution >= 0.6 is 0 Å². The standard InChI is InChI=1S/C10H14O3/c1-4-7-9(12-2)6-5-8(11)10(7)13-3/h5-6,11H,4H2,1-3H3. The van der Waals surface area contributed by atoms with Crippen molar-refractivity contribution in [3.63, 3.8) is 0 Å². The molecule has 72 valence electrons. The Balaban J connectivity index is 3.27. The van der Waals surface area contributed by atoms with Crippen LogP contribution in [0.2, 0.25) is 0 Å². The molecule has 0 aromatic heterocycles. The lowest BCUT2D eigenvalue weighted by Crippen LogP contribution is -1.95. The molecule has 0 saturated carbocycles. The van der Waals surface area contributed by atoms with Gasteiger partial charge < -0.3 is 14.6 Å². The van der Waals surface area contributed by atoms with Crippen molar-refractivity contribution in [1.82, 2.24) is 0 Å². The average Bonchev–Trinajstić information content (AvgIpc) is 2.17. The first kappa shape index (κ1) is 9.71. The number of benzene rings is 1. The lowest BCUT2D eigenvalue weighted by atomic mass is 10.1. The largest absolute Gasteiger partial charge is 0.504 e. The highest BCUT2D eigenvalue weighted by atomic mass is 16.5. The van der Waals surface area contributed by atoms with Gasteiger partial charge in [0.1, 0.15) is 5.75 Å². The second-order valence-electron chi connectivity index (χ2n) is 2.65. The summed E-state index contributed by atoms with van der Waals surface area (Å²) in [6.45, 7) is 1.99. The van der Waals surface area contributed by atoms with E-state index < -0.39 is 0 Å². The number of phenols is 1. The quantitative estimate of drug-likeness (QED) is 0.776. The van der Waals surface area contributed by atoms with Crippen LogP contribution in [0.3, 0.4) is 0 Å². The van der Waals surface area contributed by atoms with Gasteiger partial charge in [-0.1, -0.05) is 6.92 Å². The summed E-state index contributed by atoms with van der Waals surface area (Å²) in [5.41, 5.74) is 0.894. The SMILES string of the molecule is CCc1c(OC)ccc(O)c1OC. The summed E-state index contributed by atoms with van der Waals surface area (Å²) in [6, 6.07) is 3.30. The molecule has 1 rings (SSSR count). The van der Waals surface area contributed by atoms with Gasteiger partial charge in [0, 0.05) is 5.56 Å². The van der Waals surface area contributed by atoms with Crippen molar-refractivity contribution in [2.24, 2.45) is 0 Å². The number of hydrogen-bond acceptors (Lipinski definition) is 3. The molecule has 13 heavy (non-hydrogen) atoms. The van der Waals surface area contributed by atoms with Crippen LogP contribution in [0, 0.1) is 0 Å². The Morgan fingerprint density at radius 2 is 1.92 bits per heavy atom. The van der Waals surface area contributed by atoms with Crippen molar-refractivity contribution in [2.75, 3.05) is 14.2 Å². The van der Waals surface area contributed by atoms with Crippen molar-refractivity contribution < 1.29 is 14.6 Å². The van der Waals surface area contributed by atoms with Crippen LogP contribution in [0.25, 0.3) is 0 Å². The minimum absolute atomic E-state index is 0.153. The average molecular weight is 182 g/mol. The van der Waals surface area contributed by atoms with Crippen molar-refractivity contribution in [3.05, 3.63) is 17.7 Å². The molecule has 0 bridgehead atoms. The molecular formula is C10H14O3. The molecule has 0 heterocycles. The number of hydrogen-bond donors (Lipinski definition) is 1. The highest BCUT2D eigenvalue weighted by Gasteiger charge is 2.11. The van der Waals surface area contributed by atoms with E-state index in [0.29, 0.717) is 5.75 Å². The molecule has 3 nitrogen and oxygen atoms in total. The lowest BCUT2D eigenvalue weighted by Gasteiger charge is -2.12. The van der Waals surface area contributed by atoms with E-state index in [4.69, 9.17) is 9.47 Å². The van der Waals surface area contributed by atoms with E-state index in [0.717, 1.165) is 17.7 Å². The minimum atomic E-state index is 0.153. The summed E-state index contributed by atoms with van der Waals surface area (Å²) in [6.07, 6.45) is 0.765. The predicted molar refractivity (Wildman–Crippen MR) is 50.6 cm³/mol. The third-order valence-corrected chi connectivity index (χ3v) is 1.97. The van der Waals surface area contributed by atoms with E-state index in [9.17, 15) is 5.11 Å². The highest BCUT2D eigenvalue weighted by molar-refractivity contribution is 5.53. The maximum absolute atomic E-state index is 9.46. The van der Waals surface area contributed by atoms with Crippen molar-refractivity contribution in [1.29, 1.82) is 0 Å². The van der Waals surface area contributed by atoms with Crippen molar-refractivity contribution >= 4 is 0 Å². The van der Waals surface area contributed by atoms with Crippen LogP contribution in [0.1, 0.15) is 12.5 Å². The summed E-state index contributed by atoms with van der Waals surface area (Å²) in [7, 11) is 3.14. The Bertz CT molecular complexity index is 294. The monoisotopic (exact) mass is 182 g/mol. The van der Waals surface area contributed by atoms with E-state index in [2.05, 4.69) is 0 Å². The molecule has 0 fully saturated rings. The Hall–Kier alpha value is -1.38. The zero-order chi connectivity index (χ0) is 9.84. The second-order valence-corrected chi connectivity index (χ2v) is 2.65. The third-order valence-electron chi connectivity index (χ3n) is 1.97. The van der Waals surface area contributed by atoms with Gasteiger partial charge in [-0.25, -0.2) is 0 Å². The predicted octanol–water partition coefficient (Wildman–Crippen LogP) is 1.97. The van der Waals surface area contributed by atoms with E-state index in [1.54, 1.807) is 19.2 Å². The van der Waals surface area contributed by atoms with Gasteiger partial charge in [-0.2, -0.15) is 0 Å². The molecule has 1 N–H and O–H groups in total. The molecule has 0 saturated heterocycles. The molecule has 0 aliphatic heterocycles. The van der Waals surface area contributed by atoms with E-state index in [1.165, 1.54) is 7.11 Å². The van der Waals surface area contributed by atoms with Crippen molar-refractivity contribution in [2.45, 2.75) is 13.3 Å². The maximum Gasteiger partial charge on any atom is 0.167 e. The van der Waals surface area contributed by atoms with Crippen LogP contribution in [0.15, 0.2) is 12.1 Å². The molecular weight excluding hydrogens is 168 g/mol. The van der Waals surface area contributed by atoms with Crippen LogP contribution in [0.4, 0.5) is 0 Å². The fourth-order valence-corrected chi connectivity index (χ4v) is 1.35. The zero-order valence-corrected chi connectivity index (χ0v) is 8.13. The third kappa shape index (κ3) is 1.69. The first-order valence-electron chi connectivity index (χ1n) is 4.17. The molecule has 0 unspecified atom stereocenters. The fraction of sp³-hybridized carbons (Fsp3) is 0.400. The molecule has 1 aromatic carbocycles. The van der Waals surface area contributed by atoms with Crippen molar-refractivity contribution in [3.8, 4) is 17.2 Å². The lowest BCUT2D eigenvalue weighted by molar-refractivity contribution is 0.358. The number of aromatic hydroxyl groups is 1. The molecule has 0 radical (unpaired) electrons. The maximum atomic E-state index is 9.46. The first-order chi connectivity index (χ1) is 6.24. The van der Waals surface area contributed by atoms with E-state index in [-0.39, 0.29) is 5.75 Å². The van der Waals surface area contributed by atoms with Gasteiger partial charge in [-0.3, -0.25) is 0 Å². The van der Waals surface area contributed by atoms with Gasteiger partial charge in [-0.05, 0) is 18.6 Å². The molecule has 1 aromatic rings. The number of methoxy groups -OCH3 is 2. The first-order valence-corrected chi connectivity index (χ1v) is 4.17. The Labute approximate surface area is 77.9 Å². The Morgan fingerprint density at radius 3 is 2.38 bits per heavy atom. The van der Waals surface area contributed by atoms with Gasteiger partial charge in [0.05, 0.1) is 14.2 Å². The van der Waals surface area contributed by atoms with Gasteiger partial charge in [0.2, 0.25) is 0 Å². The highest BCUT2D eigenvalue weighted by Crippen LogP contribution is 2.36. The minimum Gasteiger partial charge on any atom is -0.504 e. The Kier molecular flexibility index (Phi) is 3.01. The molecule has 0 atom stereocenters. The van der Waals surface area contributed by atoms with Gasteiger partial charge in [0.15, 0.2) is 11.5 Å². The van der Waals surface area contributed by atoms with E-state index >= 15 is 0 Å². The second kappa shape index (κ2) is 4.03. The van der Waals surface area contributed by atoms with Gasteiger partial charge >= 0.3 is 0 Å². The van der Waals surface area contributed by atoms with Gasteiger partial charge in [0.25, 0.3) is 0 Å². The summed E-state index contributed by atoms with van der Waals surface area (Å²) in [5.74, 6) is 1.40. The summed E-state index contributed by atoms with van der Waals surface area (Å²) < 4.78 is 10.2. The number of rotatable bonds is 3. The molecule has 0 aliphatic carbocycles. The van der Waals surface area contributed by atoms with E-state index in [1.807, 2.05) is 6.92 Å². The number of ether oxygens (including phenoxy) is 2. The molecule has 3 heteroatoms. The summed E-state index contributed by atoms with van der Waals surface area (Å²) in [5, 5.41) is 9.46. The van der Waals surface area contributed by atoms with Crippen LogP contribution in [0.5, 0.6) is 17.2 Å². The summed E-state index contributed by atoms with van der Waals surface area (Å²) in [4.78, 5) is 0. The smallest absolute Gasteiger partial charge is 0.167 e. The summed E-state index contributed by atoms with van der Waals surface area (Å²) >= 11 is 0. The van der Waals surface area contributed by atoms with Gasteiger partial charge in [-0.15, -0.1) is 0 Å². The van der Waals surface area contributed by atoms with Crippen LogP contribution in [-0.4, -0.2) is 19.3 Å². The molecule has 0 amide bonds. The topological polar surface area (TPSA) is 38.7 Å².